The average Bonchev–Trinajstić information content (AvgIpc) is 3.54. The number of nitrogens with zero attached hydrogens (tertiary/aromatic N) is 1. The van der Waals surface area contributed by atoms with Crippen LogP contribution in [0.15, 0.2) is 176 Å². The molecule has 0 aliphatic carbocycles. The summed E-state index contributed by atoms with van der Waals surface area (Å²) >= 11 is 0. The summed E-state index contributed by atoms with van der Waals surface area (Å²) in [6.07, 6.45) is 10.9. The molecule has 2 N–H and O–H groups in total. The molecule has 10 rings (SSSR count). The number of hydrogen-bond acceptors (Lipinski definition) is 2. The van der Waals surface area contributed by atoms with Gasteiger partial charge >= 0.3 is 0 Å². The highest BCUT2D eigenvalue weighted by Gasteiger charge is 2.22. The van der Waals surface area contributed by atoms with Crippen LogP contribution in [0.1, 0.15) is 28.4 Å². The zero-order valence-corrected chi connectivity index (χ0v) is 28.1. The average molecular weight is 654 g/mol. The maximum Gasteiger partial charge on any atom is 0.0701 e. The fourth-order valence-electron chi connectivity index (χ4n) is 8.18. The van der Waals surface area contributed by atoms with E-state index in [2.05, 4.69) is 197 Å². The second-order valence-electron chi connectivity index (χ2n) is 13.4. The zero-order chi connectivity index (χ0) is 33.7. The fraction of sp³-hybridized carbons (Fsp3) is 0.0417. The number of hydrogen-bond donors (Lipinski definition) is 2. The molecule has 242 valence electrons. The topological polar surface area (TPSA) is 29.0 Å². The Kier molecular flexibility index (Phi) is 6.95. The normalized spacial score (nSPS) is 15.1. The van der Waals surface area contributed by atoms with Gasteiger partial charge in [-0.05, 0) is 104 Å². The van der Waals surface area contributed by atoms with E-state index in [1.165, 1.54) is 82.8 Å². The third-order valence-corrected chi connectivity index (χ3v) is 10.5. The van der Waals surface area contributed by atoms with Crippen LogP contribution in [-0.2, 0) is 6.54 Å². The van der Waals surface area contributed by atoms with Gasteiger partial charge in [-0.25, -0.2) is 0 Å². The van der Waals surface area contributed by atoms with Crippen LogP contribution >= 0.6 is 0 Å². The first-order valence-electron chi connectivity index (χ1n) is 17.7. The van der Waals surface area contributed by atoms with E-state index >= 15 is 0 Å². The van der Waals surface area contributed by atoms with Crippen LogP contribution < -0.4 is 10.6 Å². The van der Waals surface area contributed by atoms with Crippen molar-refractivity contribution in [2.24, 2.45) is 0 Å². The minimum Gasteiger partial charge on any atom is -0.387 e. The van der Waals surface area contributed by atoms with Crippen molar-refractivity contribution in [1.29, 1.82) is 0 Å². The molecular weight excluding hydrogens is 619 g/mol. The van der Waals surface area contributed by atoms with Gasteiger partial charge in [-0.2, -0.15) is 0 Å². The summed E-state index contributed by atoms with van der Waals surface area (Å²) in [6, 6.07) is 55.2. The fourth-order valence-corrected chi connectivity index (χ4v) is 8.18. The zero-order valence-electron chi connectivity index (χ0n) is 28.1. The lowest BCUT2D eigenvalue weighted by molar-refractivity contribution is 0.765. The first-order chi connectivity index (χ1) is 25.3. The minimum atomic E-state index is 0.0398. The summed E-state index contributed by atoms with van der Waals surface area (Å²) in [5, 5.41) is 13.7. The van der Waals surface area contributed by atoms with E-state index in [4.69, 9.17) is 0 Å². The van der Waals surface area contributed by atoms with Gasteiger partial charge in [-0.15, -0.1) is 0 Å². The molecule has 3 nitrogen and oxygen atoms in total. The molecule has 0 amide bonds. The van der Waals surface area contributed by atoms with Crippen molar-refractivity contribution in [2.45, 2.75) is 12.6 Å². The molecule has 3 heterocycles. The molecule has 0 bridgehead atoms. The number of rotatable bonds is 5. The van der Waals surface area contributed by atoms with Crippen LogP contribution in [0, 0.1) is 0 Å². The molecule has 0 saturated carbocycles. The summed E-state index contributed by atoms with van der Waals surface area (Å²) in [6.45, 7) is 0.811. The van der Waals surface area contributed by atoms with Crippen molar-refractivity contribution in [3.05, 3.63) is 198 Å². The van der Waals surface area contributed by atoms with E-state index in [-0.39, 0.29) is 6.04 Å². The maximum atomic E-state index is 3.91. The van der Waals surface area contributed by atoms with Gasteiger partial charge in [0.25, 0.3) is 0 Å². The number of aromatic nitrogens is 1. The number of nitrogens with one attached hydrogen (secondary N) is 2. The molecule has 3 heteroatoms. The molecule has 8 aromatic rings. The number of benzene rings is 7. The largest absolute Gasteiger partial charge is 0.387 e. The van der Waals surface area contributed by atoms with E-state index < -0.39 is 0 Å². The second-order valence-corrected chi connectivity index (χ2v) is 13.4. The van der Waals surface area contributed by atoms with Gasteiger partial charge in [0.1, 0.15) is 0 Å². The van der Waals surface area contributed by atoms with Gasteiger partial charge in [-0.3, -0.25) is 0 Å². The number of para-hydroxylation sites is 1. The van der Waals surface area contributed by atoms with Gasteiger partial charge in [0.15, 0.2) is 0 Å². The lowest BCUT2D eigenvalue weighted by atomic mass is 9.85. The Morgan fingerprint density at radius 3 is 1.92 bits per heavy atom. The number of fused-ring (bicyclic) bond motifs is 5. The van der Waals surface area contributed by atoms with Crippen LogP contribution in [0.25, 0.3) is 72.2 Å². The Balaban J connectivity index is 1.09. The van der Waals surface area contributed by atoms with Gasteiger partial charge in [0.05, 0.1) is 17.3 Å². The number of allylic oxidation sites excluding steroid dienone is 2. The summed E-state index contributed by atoms with van der Waals surface area (Å²) in [7, 11) is 0. The molecular formula is C48H35N3. The Morgan fingerprint density at radius 1 is 0.549 bits per heavy atom. The van der Waals surface area contributed by atoms with E-state index in [1.807, 2.05) is 0 Å². The molecule has 0 spiro atoms. The maximum absolute atomic E-state index is 3.91. The highest BCUT2D eigenvalue weighted by Crippen LogP contribution is 2.44. The van der Waals surface area contributed by atoms with Gasteiger partial charge < -0.3 is 15.2 Å². The SMILES string of the molecule is C1=CC(c2ccc3c(c2)c2c(n3-c3ccccc3)C=CNC2)NC(c2ccc3c(-c4ccccc4)c4ccccc4c(-c4ccccc4)c3c2)=C1. The molecule has 2 aliphatic heterocycles. The molecule has 0 fully saturated rings. The van der Waals surface area contributed by atoms with E-state index in [0.717, 1.165) is 12.2 Å². The Bertz CT molecular complexity index is 2700. The predicted molar refractivity (Wildman–Crippen MR) is 214 cm³/mol. The molecule has 2 aliphatic rings. The first kappa shape index (κ1) is 29.3. The van der Waals surface area contributed by atoms with Crippen LogP contribution in [0.5, 0.6) is 0 Å². The molecule has 51 heavy (non-hydrogen) atoms. The Hall–Kier alpha value is -6.58. The Labute approximate surface area is 297 Å². The molecule has 1 aromatic heterocycles. The van der Waals surface area contributed by atoms with E-state index in [9.17, 15) is 0 Å². The van der Waals surface area contributed by atoms with E-state index in [0.29, 0.717) is 0 Å². The lowest BCUT2D eigenvalue weighted by Gasteiger charge is -2.24. The van der Waals surface area contributed by atoms with Crippen molar-refractivity contribution < 1.29 is 0 Å². The van der Waals surface area contributed by atoms with E-state index in [1.54, 1.807) is 0 Å². The standard InChI is InChI=1S/C48H35N3/c1-4-13-32(14-5-1)47-37-19-10-11-20-38(37)48(33-15-6-2-7-16-33)41-30-34(23-25-39(41)47)43-21-12-22-44(50-43)35-24-26-45-40(29-35)42-31-49-28-27-46(42)51(45)36-17-8-3-9-18-36/h1-30,44,49-50H,31H2. The van der Waals surface area contributed by atoms with Crippen molar-refractivity contribution in [3.8, 4) is 27.9 Å². The van der Waals surface area contributed by atoms with Crippen molar-refractivity contribution in [2.75, 3.05) is 0 Å². The highest BCUT2D eigenvalue weighted by molar-refractivity contribution is 6.21. The van der Waals surface area contributed by atoms with Crippen molar-refractivity contribution >= 4 is 44.2 Å². The third-order valence-electron chi connectivity index (χ3n) is 10.5. The summed E-state index contributed by atoms with van der Waals surface area (Å²) < 4.78 is 2.38. The van der Waals surface area contributed by atoms with Crippen LogP contribution in [-0.4, -0.2) is 4.57 Å². The number of dihydropyridines is 1. The molecule has 0 saturated heterocycles. The van der Waals surface area contributed by atoms with Crippen molar-refractivity contribution in [1.82, 2.24) is 15.2 Å². The smallest absolute Gasteiger partial charge is 0.0701 e. The lowest BCUT2D eigenvalue weighted by Crippen LogP contribution is -2.20. The molecule has 0 radical (unpaired) electrons. The minimum absolute atomic E-state index is 0.0398. The third kappa shape index (κ3) is 4.89. The predicted octanol–water partition coefficient (Wildman–Crippen LogP) is 11.6. The first-order valence-corrected chi connectivity index (χ1v) is 17.7. The van der Waals surface area contributed by atoms with Crippen LogP contribution in [0.2, 0.25) is 0 Å². The highest BCUT2D eigenvalue weighted by atomic mass is 15.0. The second kappa shape index (κ2) is 12.1. The molecule has 1 atom stereocenters. The Morgan fingerprint density at radius 2 is 1.20 bits per heavy atom. The summed E-state index contributed by atoms with van der Waals surface area (Å²) in [5.74, 6) is 0. The van der Waals surface area contributed by atoms with Crippen LogP contribution in [0.3, 0.4) is 0 Å². The monoisotopic (exact) mass is 653 g/mol. The van der Waals surface area contributed by atoms with Crippen molar-refractivity contribution in [3.63, 3.8) is 0 Å². The molecule has 7 aromatic carbocycles. The summed E-state index contributed by atoms with van der Waals surface area (Å²) in [5.41, 5.74) is 13.5. The van der Waals surface area contributed by atoms with Crippen LogP contribution in [0.4, 0.5) is 0 Å². The molecule has 1 unspecified atom stereocenters. The summed E-state index contributed by atoms with van der Waals surface area (Å²) in [4.78, 5) is 0. The van der Waals surface area contributed by atoms with Gasteiger partial charge in [0, 0.05) is 28.9 Å². The quantitative estimate of drug-likeness (QED) is 0.181. The van der Waals surface area contributed by atoms with Gasteiger partial charge in [-0.1, -0.05) is 133 Å². The van der Waals surface area contributed by atoms with Gasteiger partial charge in [0.2, 0.25) is 0 Å².